The van der Waals surface area contributed by atoms with Crippen LogP contribution in [0.1, 0.15) is 0 Å². The van der Waals surface area contributed by atoms with Gasteiger partial charge in [-0.1, -0.05) is 22.6 Å². The van der Waals surface area contributed by atoms with Gasteiger partial charge in [0.25, 0.3) is 0 Å². The molecule has 0 radical (unpaired) electrons. The Morgan fingerprint density at radius 1 is 1.82 bits per heavy atom. The van der Waals surface area contributed by atoms with Crippen LogP contribution in [0.15, 0.2) is 17.4 Å². The summed E-state index contributed by atoms with van der Waals surface area (Å²) in [6.45, 7) is 1.69. The van der Waals surface area contributed by atoms with Crippen LogP contribution in [0.5, 0.6) is 0 Å². The lowest BCUT2D eigenvalue weighted by Crippen LogP contribution is -2.34. The highest BCUT2D eigenvalue weighted by Gasteiger charge is 2.16. The topological polar surface area (TPSA) is 41.6 Å². The number of amidine groups is 1. The molecule has 1 atom stereocenters. The molecule has 11 heavy (non-hydrogen) atoms. The first kappa shape index (κ1) is 9.12. The molecule has 0 aromatic rings. The molecule has 0 aromatic heterocycles. The minimum Gasteiger partial charge on any atom is -0.403 e. The van der Waals surface area contributed by atoms with Crippen molar-refractivity contribution in [3.05, 3.63) is 12.4 Å². The molecule has 0 amide bonds. The average molecular weight is 286 g/mol. The Labute approximate surface area is 84.4 Å². The normalized spacial score (nSPS) is 25.8. The monoisotopic (exact) mass is 285 g/mol. The van der Waals surface area contributed by atoms with Crippen molar-refractivity contribution in [1.82, 2.24) is 4.90 Å². The van der Waals surface area contributed by atoms with Gasteiger partial charge in [-0.05, 0) is 11.6 Å². The van der Waals surface area contributed by atoms with Gasteiger partial charge in [-0.15, -0.1) is 0 Å². The van der Waals surface area contributed by atoms with Crippen LogP contribution in [0.25, 0.3) is 0 Å². The van der Waals surface area contributed by atoms with Crippen molar-refractivity contribution >= 4 is 39.5 Å². The van der Waals surface area contributed by atoms with E-state index < -0.39 is 0 Å². The first-order valence-corrected chi connectivity index (χ1v) is 4.85. The van der Waals surface area contributed by atoms with E-state index in [2.05, 4.69) is 27.6 Å². The van der Waals surface area contributed by atoms with E-state index in [1.165, 1.54) is 6.20 Å². The molecule has 1 aliphatic heterocycles. The van der Waals surface area contributed by atoms with E-state index in [9.17, 15) is 0 Å². The molecule has 0 spiro atoms. The zero-order chi connectivity index (χ0) is 8.27. The van der Waals surface area contributed by atoms with Gasteiger partial charge in [0.1, 0.15) is 0 Å². The third-order valence-electron chi connectivity index (χ3n) is 1.32. The van der Waals surface area contributed by atoms with Crippen LogP contribution < -0.4 is 5.73 Å². The Morgan fingerprint density at radius 2 is 2.55 bits per heavy atom. The summed E-state index contributed by atoms with van der Waals surface area (Å²) in [5.41, 5.74) is 5.23. The molecular formula is C6H9ClIN3. The molecule has 1 heterocycles. The zero-order valence-corrected chi connectivity index (χ0v) is 8.79. The van der Waals surface area contributed by atoms with Crippen LogP contribution >= 0.6 is 34.2 Å². The van der Waals surface area contributed by atoms with Crippen molar-refractivity contribution in [3.8, 4) is 0 Å². The SMILES string of the molecule is N/C=C\N1CC(I)CN=C1Cl. The largest absolute Gasteiger partial charge is 0.403 e. The van der Waals surface area contributed by atoms with Crippen molar-refractivity contribution in [1.29, 1.82) is 0 Å². The van der Waals surface area contributed by atoms with E-state index in [-0.39, 0.29) is 0 Å². The van der Waals surface area contributed by atoms with Gasteiger partial charge < -0.3 is 10.6 Å². The predicted octanol–water partition coefficient (Wildman–Crippen LogP) is 1.13. The Hall–Kier alpha value is 0.0300. The second kappa shape index (κ2) is 4.15. The highest BCUT2D eigenvalue weighted by molar-refractivity contribution is 14.1. The molecular weight excluding hydrogens is 276 g/mol. The second-order valence-electron chi connectivity index (χ2n) is 2.20. The summed E-state index contributed by atoms with van der Waals surface area (Å²) >= 11 is 8.13. The second-order valence-corrected chi connectivity index (χ2v) is 4.30. The quantitative estimate of drug-likeness (QED) is 0.446. The fraction of sp³-hybridized carbons (Fsp3) is 0.500. The van der Waals surface area contributed by atoms with Gasteiger partial charge in [-0.25, -0.2) is 0 Å². The van der Waals surface area contributed by atoms with E-state index in [4.69, 9.17) is 17.3 Å². The van der Waals surface area contributed by atoms with E-state index in [0.29, 0.717) is 9.22 Å². The van der Waals surface area contributed by atoms with Gasteiger partial charge in [0.2, 0.25) is 0 Å². The van der Waals surface area contributed by atoms with Gasteiger partial charge in [0, 0.05) is 22.9 Å². The molecule has 5 heteroatoms. The lowest BCUT2D eigenvalue weighted by molar-refractivity contribution is 0.535. The molecule has 0 bridgehead atoms. The molecule has 1 rings (SSSR count). The van der Waals surface area contributed by atoms with Gasteiger partial charge in [0.05, 0.1) is 6.54 Å². The Morgan fingerprint density at radius 3 is 3.18 bits per heavy atom. The summed E-state index contributed by atoms with van der Waals surface area (Å²) in [6, 6.07) is 0. The number of hydrogen-bond acceptors (Lipinski definition) is 3. The fourth-order valence-corrected chi connectivity index (χ4v) is 1.65. The van der Waals surface area contributed by atoms with E-state index >= 15 is 0 Å². The molecule has 0 fully saturated rings. The number of rotatable bonds is 1. The van der Waals surface area contributed by atoms with Crippen LogP contribution in [0, 0.1) is 0 Å². The standard InChI is InChI=1S/C6H9ClIN3/c7-6-10-3-5(8)4-11(6)2-1-9/h1-2,5H,3-4,9H2/b2-1-. The number of hydrogen-bond donors (Lipinski definition) is 1. The number of alkyl halides is 1. The van der Waals surface area contributed by atoms with E-state index in [0.717, 1.165) is 13.1 Å². The van der Waals surface area contributed by atoms with Gasteiger partial charge in [0.15, 0.2) is 5.29 Å². The Bertz CT molecular complexity index is 192. The van der Waals surface area contributed by atoms with Crippen molar-refractivity contribution in [2.45, 2.75) is 3.92 Å². The summed E-state index contributed by atoms with van der Waals surface area (Å²) in [5, 5.41) is 0.527. The minimum absolute atomic E-state index is 0.520. The summed E-state index contributed by atoms with van der Waals surface area (Å²) in [4.78, 5) is 5.94. The third kappa shape index (κ3) is 2.52. The van der Waals surface area contributed by atoms with Gasteiger partial charge >= 0.3 is 0 Å². The maximum atomic E-state index is 5.79. The van der Waals surface area contributed by atoms with Crippen molar-refractivity contribution < 1.29 is 0 Å². The minimum atomic E-state index is 0.520. The smallest absolute Gasteiger partial charge is 0.198 e. The third-order valence-corrected chi connectivity index (χ3v) is 2.44. The Balaban J connectivity index is 2.63. The summed E-state index contributed by atoms with van der Waals surface area (Å²) in [5.74, 6) is 0. The van der Waals surface area contributed by atoms with Crippen molar-refractivity contribution in [2.75, 3.05) is 13.1 Å². The van der Waals surface area contributed by atoms with Gasteiger partial charge in [-0.2, -0.15) is 0 Å². The predicted molar refractivity (Wildman–Crippen MR) is 56.0 cm³/mol. The number of nitrogens with two attached hydrogens (primary N) is 1. The summed E-state index contributed by atoms with van der Waals surface area (Å²) in [7, 11) is 0. The van der Waals surface area contributed by atoms with Crippen molar-refractivity contribution in [3.63, 3.8) is 0 Å². The van der Waals surface area contributed by atoms with Crippen LogP contribution in [0.3, 0.4) is 0 Å². The summed E-state index contributed by atoms with van der Waals surface area (Å²) < 4.78 is 0.520. The number of nitrogens with zero attached hydrogens (tertiary/aromatic N) is 2. The molecule has 3 nitrogen and oxygen atoms in total. The number of halogens is 2. The van der Waals surface area contributed by atoms with Gasteiger partial charge in [-0.3, -0.25) is 4.99 Å². The molecule has 1 aliphatic rings. The maximum Gasteiger partial charge on any atom is 0.198 e. The van der Waals surface area contributed by atoms with Crippen molar-refractivity contribution in [2.24, 2.45) is 10.7 Å². The van der Waals surface area contributed by atoms with Crippen LogP contribution in [-0.4, -0.2) is 27.2 Å². The highest BCUT2D eigenvalue weighted by atomic mass is 127. The molecule has 62 valence electrons. The Kier molecular flexibility index (Phi) is 3.45. The first-order chi connectivity index (χ1) is 5.24. The summed E-state index contributed by atoms with van der Waals surface area (Å²) in [6.07, 6.45) is 3.20. The molecule has 2 N–H and O–H groups in total. The molecule has 0 aromatic carbocycles. The number of aliphatic imine (C=N–C) groups is 1. The fourth-order valence-electron chi connectivity index (χ4n) is 0.838. The van der Waals surface area contributed by atoms with Crippen LogP contribution in [0.4, 0.5) is 0 Å². The van der Waals surface area contributed by atoms with Crippen LogP contribution in [0.2, 0.25) is 0 Å². The maximum absolute atomic E-state index is 5.79. The molecule has 0 aliphatic carbocycles. The van der Waals surface area contributed by atoms with E-state index in [1.54, 1.807) is 6.20 Å². The van der Waals surface area contributed by atoms with Crippen LogP contribution in [-0.2, 0) is 0 Å². The lowest BCUT2D eigenvalue weighted by Gasteiger charge is -2.24. The molecule has 1 unspecified atom stereocenters. The molecule has 0 saturated heterocycles. The van der Waals surface area contributed by atoms with E-state index in [1.807, 2.05) is 4.90 Å². The first-order valence-electron chi connectivity index (χ1n) is 3.23. The lowest BCUT2D eigenvalue weighted by atomic mass is 10.4. The highest BCUT2D eigenvalue weighted by Crippen LogP contribution is 2.13. The zero-order valence-electron chi connectivity index (χ0n) is 5.87. The molecule has 0 saturated carbocycles. The average Bonchev–Trinajstić information content (AvgIpc) is 1.98.